The van der Waals surface area contributed by atoms with Gasteiger partial charge in [-0.1, -0.05) is 48.5 Å². The van der Waals surface area contributed by atoms with E-state index in [9.17, 15) is 14.7 Å². The molecular weight excluding hydrogens is 492 g/mol. The maximum atomic E-state index is 14.0. The third-order valence-corrected chi connectivity index (χ3v) is 7.30. The van der Waals surface area contributed by atoms with Crippen LogP contribution in [0.25, 0.3) is 16.5 Å². The Balaban J connectivity index is 1.52. The minimum atomic E-state index is -1.03. The second kappa shape index (κ2) is 9.36. The van der Waals surface area contributed by atoms with Gasteiger partial charge in [-0.05, 0) is 60.2 Å². The molecule has 2 atom stereocenters. The summed E-state index contributed by atoms with van der Waals surface area (Å²) in [6.07, 6.45) is 0.938. The first-order valence-corrected chi connectivity index (χ1v) is 12.6. The Morgan fingerprint density at radius 1 is 1.00 bits per heavy atom. The van der Waals surface area contributed by atoms with Crippen molar-refractivity contribution in [2.75, 3.05) is 0 Å². The molecule has 0 saturated carbocycles. The van der Waals surface area contributed by atoms with Gasteiger partial charge in [0.25, 0.3) is 5.56 Å². The number of fused-ring (bicyclic) bond motifs is 2. The van der Waals surface area contributed by atoms with E-state index in [-0.39, 0.29) is 17.7 Å². The maximum Gasteiger partial charge on any atom is 0.335 e. The van der Waals surface area contributed by atoms with Crippen molar-refractivity contribution >= 4 is 34.6 Å². The lowest BCUT2D eigenvalue weighted by molar-refractivity contribution is 0.0697. The minimum absolute atomic E-state index is 0.0998. The lowest BCUT2D eigenvalue weighted by Crippen LogP contribution is -2.42. The van der Waals surface area contributed by atoms with Gasteiger partial charge in [-0.3, -0.25) is 14.4 Å². The Morgan fingerprint density at radius 3 is 2.56 bits per heavy atom. The Labute approximate surface area is 224 Å². The molecule has 0 saturated heterocycles. The number of hydrazone groups is 1. The molecule has 9 nitrogen and oxygen atoms in total. The summed E-state index contributed by atoms with van der Waals surface area (Å²) >= 11 is 0. The number of carboxylic acids is 1. The van der Waals surface area contributed by atoms with E-state index in [1.165, 1.54) is 12.4 Å². The van der Waals surface area contributed by atoms with Crippen LogP contribution in [0.1, 0.15) is 32.7 Å². The average Bonchev–Trinajstić information content (AvgIpc) is 3.29. The van der Waals surface area contributed by atoms with Crippen molar-refractivity contribution in [1.82, 2.24) is 9.58 Å². The van der Waals surface area contributed by atoms with Crippen LogP contribution >= 0.6 is 0 Å². The van der Waals surface area contributed by atoms with Crippen LogP contribution < -0.4 is 11.3 Å². The van der Waals surface area contributed by atoms with Crippen LogP contribution in [0.5, 0.6) is 0 Å². The van der Waals surface area contributed by atoms with Crippen LogP contribution in [-0.2, 0) is 6.54 Å². The molecule has 0 fully saturated rings. The van der Waals surface area contributed by atoms with Crippen LogP contribution in [0.3, 0.4) is 0 Å². The minimum Gasteiger partial charge on any atom is -0.478 e. The Hall–Kier alpha value is -5.05. The number of benzene rings is 3. The van der Waals surface area contributed by atoms with Crippen molar-refractivity contribution in [3.05, 3.63) is 111 Å². The Morgan fingerprint density at radius 2 is 1.77 bits per heavy atom. The number of carboxylic acid groups (broad SMARTS) is 1. The van der Waals surface area contributed by atoms with Gasteiger partial charge in [0.05, 0.1) is 28.9 Å². The van der Waals surface area contributed by atoms with Crippen molar-refractivity contribution in [3.63, 3.8) is 0 Å². The molecule has 3 aromatic carbocycles. The second-order valence-corrected chi connectivity index (χ2v) is 9.78. The van der Waals surface area contributed by atoms with Crippen molar-refractivity contribution in [2.45, 2.75) is 26.6 Å². The summed E-state index contributed by atoms with van der Waals surface area (Å²) < 4.78 is 1.75. The first kappa shape index (κ1) is 24.3. The smallest absolute Gasteiger partial charge is 0.335 e. The third-order valence-electron chi connectivity index (χ3n) is 7.30. The Kier molecular flexibility index (Phi) is 5.83. The van der Waals surface area contributed by atoms with Gasteiger partial charge in [0.15, 0.2) is 6.17 Å². The fourth-order valence-corrected chi connectivity index (χ4v) is 5.41. The highest BCUT2D eigenvalue weighted by Crippen LogP contribution is 2.31. The molecule has 194 valence electrons. The van der Waals surface area contributed by atoms with E-state index in [0.717, 1.165) is 27.9 Å². The van der Waals surface area contributed by atoms with Gasteiger partial charge >= 0.3 is 5.97 Å². The van der Waals surface area contributed by atoms with E-state index >= 15 is 0 Å². The van der Waals surface area contributed by atoms with E-state index in [2.05, 4.69) is 9.98 Å². The molecular formula is C30H26N6O3. The topological polar surface area (TPSA) is 126 Å². The molecule has 39 heavy (non-hydrogen) atoms. The summed E-state index contributed by atoms with van der Waals surface area (Å²) in [6, 6.07) is 22.2. The van der Waals surface area contributed by atoms with Crippen molar-refractivity contribution in [1.29, 1.82) is 0 Å². The molecule has 1 aromatic heterocycles. The van der Waals surface area contributed by atoms with Gasteiger partial charge in [0.1, 0.15) is 18.1 Å². The molecule has 2 unspecified atom stereocenters. The number of aryl methyl sites for hydroxylation is 2. The van der Waals surface area contributed by atoms with Crippen molar-refractivity contribution in [3.8, 4) is 5.69 Å². The quantitative estimate of drug-likeness (QED) is 0.415. The highest BCUT2D eigenvalue weighted by Gasteiger charge is 2.42. The Bertz CT molecular complexity index is 1800. The second-order valence-electron chi connectivity index (χ2n) is 9.78. The van der Waals surface area contributed by atoms with Crippen LogP contribution in [-0.4, -0.2) is 44.7 Å². The summed E-state index contributed by atoms with van der Waals surface area (Å²) in [6.45, 7) is 4.19. The fourth-order valence-electron chi connectivity index (χ4n) is 5.41. The third kappa shape index (κ3) is 4.08. The van der Waals surface area contributed by atoms with Crippen LogP contribution in [0.2, 0.25) is 0 Å². The number of carbonyl (C=O) groups is 1. The predicted octanol–water partition coefficient (Wildman–Crippen LogP) is 3.87. The molecule has 0 bridgehead atoms. The number of aliphatic imine (C=N–C) groups is 2. The highest BCUT2D eigenvalue weighted by molar-refractivity contribution is 6.17. The number of hydrogen-bond donors (Lipinski definition) is 2. The summed E-state index contributed by atoms with van der Waals surface area (Å²) in [7, 11) is 0. The number of rotatable bonds is 5. The average molecular weight is 519 g/mol. The lowest BCUT2D eigenvalue weighted by Gasteiger charge is -2.27. The maximum absolute atomic E-state index is 14.0. The number of nitrogens with zero attached hydrogens (tertiary/aromatic N) is 5. The normalized spacial score (nSPS) is 18.2. The van der Waals surface area contributed by atoms with E-state index < -0.39 is 18.1 Å². The van der Waals surface area contributed by atoms with Gasteiger partial charge in [0.2, 0.25) is 0 Å². The summed E-state index contributed by atoms with van der Waals surface area (Å²) in [5, 5.41) is 17.7. The lowest BCUT2D eigenvalue weighted by atomic mass is 9.92. The molecule has 3 N–H and O–H groups in total. The zero-order valence-electron chi connectivity index (χ0n) is 21.4. The van der Waals surface area contributed by atoms with Gasteiger partial charge in [-0.25, -0.2) is 14.8 Å². The largest absolute Gasteiger partial charge is 0.478 e. The van der Waals surface area contributed by atoms with Gasteiger partial charge in [0, 0.05) is 5.69 Å². The molecule has 0 amide bonds. The number of pyridine rings is 1. The standard InChI is InChI=1S/C30H26N6O3/c1-17-7-3-4-12-23(17)36-22(14-19-9-5-8-18(2)24(19)29(36)37)15-35-28-25(27(31)32-16-33-28)26(34-35)20-10-6-11-21(13-20)30(38)39/h3-14,16,25,28H,15H2,1-2H3,(H,38,39)(H2,31,32,33). The SMILES string of the molecule is Cc1ccccc1-n1c(CN2N=C(c3cccc(C(=O)O)c3)C3C(N)=NC=NC32)cc2cccc(C)c2c1=O. The summed E-state index contributed by atoms with van der Waals surface area (Å²) in [4.78, 5) is 34.4. The summed E-state index contributed by atoms with van der Waals surface area (Å²) in [5.41, 5.74) is 11.0. The van der Waals surface area contributed by atoms with Gasteiger partial charge in [-0.15, -0.1) is 0 Å². The fraction of sp³-hybridized carbons (Fsp3) is 0.167. The summed E-state index contributed by atoms with van der Waals surface area (Å²) in [5.74, 6) is -1.14. The molecule has 4 aromatic rings. The molecule has 0 radical (unpaired) electrons. The van der Waals surface area contributed by atoms with Gasteiger partial charge in [-0.2, -0.15) is 5.10 Å². The highest BCUT2D eigenvalue weighted by atomic mass is 16.4. The zero-order valence-corrected chi connectivity index (χ0v) is 21.4. The first-order chi connectivity index (χ1) is 18.8. The van der Waals surface area contributed by atoms with Crippen molar-refractivity contribution in [2.24, 2.45) is 26.7 Å². The van der Waals surface area contributed by atoms with E-state index in [4.69, 9.17) is 10.8 Å². The van der Waals surface area contributed by atoms with Crippen LogP contribution in [0, 0.1) is 19.8 Å². The molecule has 2 aliphatic heterocycles. The number of amidine groups is 1. The molecule has 6 rings (SSSR count). The van der Waals surface area contributed by atoms with Crippen molar-refractivity contribution < 1.29 is 9.90 Å². The molecule has 9 heteroatoms. The van der Waals surface area contributed by atoms with E-state index in [1.807, 2.05) is 62.4 Å². The van der Waals surface area contributed by atoms with E-state index in [0.29, 0.717) is 22.5 Å². The molecule has 0 spiro atoms. The van der Waals surface area contributed by atoms with Gasteiger partial charge < -0.3 is 10.8 Å². The predicted molar refractivity (Wildman–Crippen MR) is 152 cm³/mol. The number of para-hydroxylation sites is 1. The molecule has 3 heterocycles. The molecule has 0 aliphatic carbocycles. The number of aromatic nitrogens is 1. The van der Waals surface area contributed by atoms with Crippen LogP contribution in [0.4, 0.5) is 0 Å². The monoisotopic (exact) mass is 518 g/mol. The number of nitrogens with two attached hydrogens (primary N) is 1. The molecule has 2 aliphatic rings. The van der Waals surface area contributed by atoms with E-state index in [1.54, 1.807) is 27.8 Å². The number of aromatic carboxylic acids is 1. The number of hydrogen-bond acceptors (Lipinski definition) is 7. The van der Waals surface area contributed by atoms with Crippen LogP contribution in [0.15, 0.2) is 92.7 Å². The first-order valence-electron chi connectivity index (χ1n) is 12.6. The zero-order chi connectivity index (χ0) is 27.3.